The van der Waals surface area contributed by atoms with Crippen LogP contribution in [-0.2, 0) is 11.3 Å². The Morgan fingerprint density at radius 1 is 1.29 bits per heavy atom. The highest BCUT2D eigenvalue weighted by molar-refractivity contribution is 7.98. The number of amides is 1. The lowest BCUT2D eigenvalue weighted by Gasteiger charge is -2.01. The Bertz CT molecular complexity index is 641. The molecule has 2 rings (SSSR count). The van der Waals surface area contributed by atoms with Crippen LogP contribution in [0.2, 0.25) is 0 Å². The first-order chi connectivity index (χ1) is 10.1. The number of aryl methyl sites for hydroxylation is 2. The largest absolute Gasteiger partial charge is 0.466 e. The molecule has 0 aliphatic heterocycles. The summed E-state index contributed by atoms with van der Waals surface area (Å²) in [6, 6.07) is 10.0. The number of carbonyl (C=O) groups excluding carboxylic acids is 1. The summed E-state index contributed by atoms with van der Waals surface area (Å²) in [4.78, 5) is 13.0. The molecular weight excluding hydrogens is 282 g/mol. The van der Waals surface area contributed by atoms with Crippen LogP contribution >= 0.6 is 11.8 Å². The third-order valence-corrected chi connectivity index (χ3v) is 3.88. The first-order valence-corrected chi connectivity index (χ1v) is 7.97. The molecule has 1 N–H and O–H groups in total. The quantitative estimate of drug-likeness (QED) is 0.671. The van der Waals surface area contributed by atoms with E-state index in [9.17, 15) is 4.79 Å². The second-order valence-electron chi connectivity index (χ2n) is 4.76. The van der Waals surface area contributed by atoms with E-state index < -0.39 is 0 Å². The standard InChI is InChI=1S/C17H19NO2S/c1-12-10-15(13(2)20-12)11-18-17(19)9-6-14-4-7-16(21-3)8-5-14/h4-10H,11H2,1-3H3,(H,18,19)/b9-6+. The zero-order valence-corrected chi connectivity index (χ0v) is 13.3. The molecule has 1 amide bonds. The molecule has 0 aliphatic rings. The zero-order valence-electron chi connectivity index (χ0n) is 12.5. The average Bonchev–Trinajstić information content (AvgIpc) is 2.81. The number of carbonyl (C=O) groups is 1. The molecule has 3 nitrogen and oxygen atoms in total. The van der Waals surface area contributed by atoms with Crippen molar-refractivity contribution < 1.29 is 9.21 Å². The van der Waals surface area contributed by atoms with E-state index in [4.69, 9.17) is 4.42 Å². The minimum Gasteiger partial charge on any atom is -0.466 e. The van der Waals surface area contributed by atoms with Crippen molar-refractivity contribution in [1.82, 2.24) is 5.32 Å². The normalized spacial score (nSPS) is 11.0. The van der Waals surface area contributed by atoms with E-state index >= 15 is 0 Å². The SMILES string of the molecule is CSc1ccc(/C=C/C(=O)NCc2cc(C)oc2C)cc1. The summed E-state index contributed by atoms with van der Waals surface area (Å²) in [5, 5.41) is 2.86. The zero-order chi connectivity index (χ0) is 15.2. The van der Waals surface area contributed by atoms with Crippen LogP contribution in [0.4, 0.5) is 0 Å². The summed E-state index contributed by atoms with van der Waals surface area (Å²) in [7, 11) is 0. The summed E-state index contributed by atoms with van der Waals surface area (Å²) in [5.74, 6) is 1.60. The number of hydrogen-bond acceptors (Lipinski definition) is 3. The second kappa shape index (κ2) is 7.18. The third-order valence-electron chi connectivity index (χ3n) is 3.14. The molecule has 1 aromatic heterocycles. The maximum absolute atomic E-state index is 11.8. The van der Waals surface area contributed by atoms with E-state index in [0.29, 0.717) is 6.54 Å². The summed E-state index contributed by atoms with van der Waals surface area (Å²) in [5.41, 5.74) is 2.02. The fourth-order valence-corrected chi connectivity index (χ4v) is 2.40. The van der Waals surface area contributed by atoms with Crippen LogP contribution in [0.15, 0.2) is 45.7 Å². The maximum Gasteiger partial charge on any atom is 0.244 e. The summed E-state index contributed by atoms with van der Waals surface area (Å²) in [6.45, 7) is 4.28. The van der Waals surface area contributed by atoms with Crippen molar-refractivity contribution in [3.05, 3.63) is 59.1 Å². The van der Waals surface area contributed by atoms with Gasteiger partial charge in [-0.05, 0) is 49.9 Å². The van der Waals surface area contributed by atoms with Crippen molar-refractivity contribution in [2.45, 2.75) is 25.3 Å². The van der Waals surface area contributed by atoms with Gasteiger partial charge in [0, 0.05) is 23.1 Å². The van der Waals surface area contributed by atoms with Gasteiger partial charge in [-0.3, -0.25) is 4.79 Å². The fraction of sp³-hybridized carbons (Fsp3) is 0.235. The fourth-order valence-electron chi connectivity index (χ4n) is 1.99. The lowest BCUT2D eigenvalue weighted by molar-refractivity contribution is -0.116. The molecule has 1 heterocycles. The highest BCUT2D eigenvalue weighted by Crippen LogP contribution is 2.15. The van der Waals surface area contributed by atoms with Crippen molar-refractivity contribution in [2.75, 3.05) is 6.26 Å². The van der Waals surface area contributed by atoms with E-state index in [-0.39, 0.29) is 5.91 Å². The third kappa shape index (κ3) is 4.53. The van der Waals surface area contributed by atoms with E-state index in [2.05, 4.69) is 5.32 Å². The van der Waals surface area contributed by atoms with E-state index in [1.807, 2.05) is 56.5 Å². The number of nitrogens with one attached hydrogen (secondary N) is 1. The molecule has 2 aromatic rings. The summed E-state index contributed by atoms with van der Waals surface area (Å²) < 4.78 is 5.43. The van der Waals surface area contributed by atoms with Gasteiger partial charge >= 0.3 is 0 Å². The number of rotatable bonds is 5. The van der Waals surface area contributed by atoms with Crippen LogP contribution in [0, 0.1) is 13.8 Å². The summed E-state index contributed by atoms with van der Waals surface area (Å²) >= 11 is 1.70. The predicted octanol–water partition coefficient (Wildman–Crippen LogP) is 3.95. The van der Waals surface area contributed by atoms with Gasteiger partial charge in [0.2, 0.25) is 5.91 Å². The van der Waals surface area contributed by atoms with Crippen molar-refractivity contribution in [3.8, 4) is 0 Å². The lowest BCUT2D eigenvalue weighted by Crippen LogP contribution is -2.20. The second-order valence-corrected chi connectivity index (χ2v) is 5.64. The Morgan fingerprint density at radius 2 is 2.00 bits per heavy atom. The van der Waals surface area contributed by atoms with Gasteiger partial charge in [0.1, 0.15) is 11.5 Å². The van der Waals surface area contributed by atoms with Crippen molar-refractivity contribution in [3.63, 3.8) is 0 Å². The van der Waals surface area contributed by atoms with Gasteiger partial charge in [0.15, 0.2) is 0 Å². The Balaban J connectivity index is 1.88. The average molecular weight is 301 g/mol. The molecule has 4 heteroatoms. The molecule has 0 atom stereocenters. The number of furan rings is 1. The molecule has 0 saturated carbocycles. The van der Waals surface area contributed by atoms with Gasteiger partial charge in [-0.1, -0.05) is 12.1 Å². The van der Waals surface area contributed by atoms with Crippen molar-refractivity contribution in [1.29, 1.82) is 0 Å². The van der Waals surface area contributed by atoms with Crippen molar-refractivity contribution in [2.24, 2.45) is 0 Å². The number of thioether (sulfide) groups is 1. The highest BCUT2D eigenvalue weighted by Gasteiger charge is 2.05. The van der Waals surface area contributed by atoms with Crippen LogP contribution in [-0.4, -0.2) is 12.2 Å². The Hall–Kier alpha value is -1.94. The monoisotopic (exact) mass is 301 g/mol. The highest BCUT2D eigenvalue weighted by atomic mass is 32.2. The van der Waals surface area contributed by atoms with Gasteiger partial charge < -0.3 is 9.73 Å². The molecule has 0 radical (unpaired) electrons. The molecule has 0 bridgehead atoms. The van der Waals surface area contributed by atoms with Crippen LogP contribution in [0.25, 0.3) is 6.08 Å². The van der Waals surface area contributed by atoms with Gasteiger partial charge in [-0.25, -0.2) is 0 Å². The van der Waals surface area contributed by atoms with E-state index in [1.54, 1.807) is 17.8 Å². The van der Waals surface area contributed by atoms with Crippen LogP contribution in [0.1, 0.15) is 22.6 Å². The van der Waals surface area contributed by atoms with Crippen LogP contribution in [0.5, 0.6) is 0 Å². The van der Waals surface area contributed by atoms with Gasteiger partial charge in [-0.15, -0.1) is 11.8 Å². The number of benzene rings is 1. The molecular formula is C17H19NO2S. The molecule has 0 saturated heterocycles. The van der Waals surface area contributed by atoms with Crippen LogP contribution < -0.4 is 5.32 Å². The number of hydrogen-bond donors (Lipinski definition) is 1. The summed E-state index contributed by atoms with van der Waals surface area (Å²) in [6.07, 6.45) is 5.40. The maximum atomic E-state index is 11.8. The Morgan fingerprint density at radius 3 is 2.57 bits per heavy atom. The molecule has 21 heavy (non-hydrogen) atoms. The molecule has 0 spiro atoms. The molecule has 110 valence electrons. The van der Waals surface area contributed by atoms with E-state index in [1.165, 1.54) is 4.90 Å². The van der Waals surface area contributed by atoms with Crippen LogP contribution in [0.3, 0.4) is 0 Å². The minimum atomic E-state index is -0.109. The molecule has 0 fully saturated rings. The first-order valence-electron chi connectivity index (χ1n) is 6.74. The van der Waals surface area contributed by atoms with Crippen molar-refractivity contribution >= 4 is 23.7 Å². The van der Waals surface area contributed by atoms with Gasteiger partial charge in [-0.2, -0.15) is 0 Å². The van der Waals surface area contributed by atoms with E-state index in [0.717, 1.165) is 22.6 Å². The first kappa shape index (κ1) is 15.4. The smallest absolute Gasteiger partial charge is 0.244 e. The van der Waals surface area contributed by atoms with Gasteiger partial charge in [0.05, 0.1) is 0 Å². The van der Waals surface area contributed by atoms with Gasteiger partial charge in [0.25, 0.3) is 0 Å². The lowest BCUT2D eigenvalue weighted by atomic mass is 10.2. The molecule has 1 aromatic carbocycles. The predicted molar refractivity (Wildman–Crippen MR) is 87.3 cm³/mol. The topological polar surface area (TPSA) is 42.2 Å². The molecule has 0 aliphatic carbocycles. The minimum absolute atomic E-state index is 0.109. The Kier molecular flexibility index (Phi) is 5.28. The molecule has 0 unspecified atom stereocenters. The Labute approximate surface area is 129 Å².